The largest absolute Gasteiger partial charge is 0.460 e. The lowest BCUT2D eigenvalue weighted by atomic mass is 9.44. The summed E-state index contributed by atoms with van der Waals surface area (Å²) in [5, 5.41) is 28.2. The number of Topliss-reactive ketones (excluding diaryl/α,β-unsaturated/α-hetero) is 1. The first-order chi connectivity index (χ1) is 30.9. The highest BCUT2D eigenvalue weighted by atomic mass is 16.6. The smallest absolute Gasteiger partial charge is 0.408 e. The minimum absolute atomic E-state index is 0.0203. The number of fused-ring (bicyclic) bond motifs is 5. The maximum Gasteiger partial charge on any atom is 0.408 e. The van der Waals surface area contributed by atoms with Gasteiger partial charge in [-0.25, -0.2) is 14.4 Å². The number of aliphatic hydroxyl groups is 2. The average molecular weight is 922 g/mol. The standard InChI is InChI=1S/C47H59N3O16/c1-24-28(61-41(57)35(54)34(26-15-11-9-12-16-26)50-42(58)66-43(3,4)5)20-47(59)39(64-40(56)27-17-13-10-14-18-27)37-45(8,38(55)36(63-32(53)22-49)33(24)44(47,6)7)29(62-31(52)21-48)19-30-46(37,23-60-30)65-25(2)51/h9-18,28-30,34-37,39,54,59H,19-23,48-49H2,1-8H3,(H,50,58)/t28-,29-,30+,34-,35+,36+,37-,39-,45+,46-,47-/m0/s1. The van der Waals surface area contributed by atoms with Crippen LogP contribution < -0.4 is 16.8 Å². The Balaban J connectivity index is 1.59. The Morgan fingerprint density at radius 1 is 0.894 bits per heavy atom. The second-order valence-electron chi connectivity index (χ2n) is 18.9. The van der Waals surface area contributed by atoms with Crippen molar-refractivity contribution in [1.29, 1.82) is 0 Å². The van der Waals surface area contributed by atoms with Crippen molar-refractivity contribution in [2.24, 2.45) is 28.2 Å². The summed E-state index contributed by atoms with van der Waals surface area (Å²) in [7, 11) is 0. The highest BCUT2D eigenvalue weighted by molar-refractivity contribution is 5.96. The van der Waals surface area contributed by atoms with E-state index in [4.69, 9.17) is 44.6 Å². The topological polar surface area (TPSA) is 289 Å². The number of alkyl carbamates (subject to hydrolysis) is 1. The molecule has 7 N–H and O–H groups in total. The number of hydrogen-bond acceptors (Lipinski definition) is 18. The molecule has 2 aromatic carbocycles. The van der Waals surface area contributed by atoms with Crippen LogP contribution in [-0.2, 0) is 57.1 Å². The SMILES string of the molecule is CC(=O)O[C@@]12CO[C@@H]1C[C@H](OC(=O)CN)[C@@]1(C)C(=O)[C@H](OC(=O)CN)C3=C(C)[C@@H](OC(=O)[C@H](O)[C@@H](NC(=O)OC(C)(C)C)c4ccccc4)C[C@](O)([C@@H](OC(=O)c4ccccc4)[C@H]21)C3(C)C. The second kappa shape index (κ2) is 18.5. The van der Waals surface area contributed by atoms with Crippen molar-refractivity contribution in [3.05, 3.63) is 82.9 Å². The number of rotatable bonds is 12. The molecule has 3 aliphatic carbocycles. The number of amides is 1. The monoisotopic (exact) mass is 921 g/mol. The fraction of sp³-hybridized carbons (Fsp3) is 0.553. The Morgan fingerprint density at radius 3 is 2.03 bits per heavy atom. The molecule has 2 saturated carbocycles. The number of hydrogen-bond donors (Lipinski definition) is 5. The molecule has 66 heavy (non-hydrogen) atoms. The second-order valence-corrected chi connectivity index (χ2v) is 18.9. The minimum atomic E-state index is -2.50. The van der Waals surface area contributed by atoms with E-state index < -0.39 is 137 Å². The maximum absolute atomic E-state index is 15.9. The molecule has 1 amide bonds. The zero-order valence-corrected chi connectivity index (χ0v) is 38.2. The summed E-state index contributed by atoms with van der Waals surface area (Å²) in [6.07, 6.45) is -12.0. The van der Waals surface area contributed by atoms with Crippen molar-refractivity contribution in [3.63, 3.8) is 0 Å². The van der Waals surface area contributed by atoms with Crippen molar-refractivity contribution in [2.45, 2.75) is 128 Å². The number of aliphatic hydroxyl groups excluding tert-OH is 1. The Kier molecular flexibility index (Phi) is 13.9. The third-order valence-corrected chi connectivity index (χ3v) is 13.4. The van der Waals surface area contributed by atoms with Gasteiger partial charge in [-0.15, -0.1) is 0 Å². The number of benzene rings is 2. The molecule has 1 aliphatic heterocycles. The average Bonchev–Trinajstić information content (AvgIpc) is 3.25. The molecule has 2 bridgehead atoms. The first-order valence-electron chi connectivity index (χ1n) is 21.6. The van der Waals surface area contributed by atoms with Gasteiger partial charge in [0.15, 0.2) is 23.6 Å². The number of nitrogens with one attached hydrogen (secondary N) is 1. The van der Waals surface area contributed by atoms with Gasteiger partial charge in [0.2, 0.25) is 0 Å². The van der Waals surface area contributed by atoms with Crippen LogP contribution in [-0.4, -0.2) is 125 Å². The molecule has 0 radical (unpaired) electrons. The van der Waals surface area contributed by atoms with Crippen molar-refractivity contribution < 1.29 is 76.9 Å². The molecule has 11 atom stereocenters. The predicted molar refractivity (Wildman–Crippen MR) is 229 cm³/mol. The van der Waals surface area contributed by atoms with E-state index in [9.17, 15) is 39.0 Å². The summed E-state index contributed by atoms with van der Waals surface area (Å²) >= 11 is 0. The maximum atomic E-state index is 15.9. The summed E-state index contributed by atoms with van der Waals surface area (Å²) in [5.41, 5.74) is 2.51. The van der Waals surface area contributed by atoms with Crippen LogP contribution in [0.4, 0.5) is 4.79 Å². The first-order valence-corrected chi connectivity index (χ1v) is 21.6. The third-order valence-electron chi connectivity index (χ3n) is 13.4. The fourth-order valence-electron chi connectivity index (χ4n) is 10.2. The molecule has 19 nitrogen and oxygen atoms in total. The van der Waals surface area contributed by atoms with Gasteiger partial charge >= 0.3 is 35.9 Å². The van der Waals surface area contributed by atoms with Crippen LogP contribution in [0.25, 0.3) is 0 Å². The fourth-order valence-corrected chi connectivity index (χ4v) is 10.2. The number of carbonyl (C=O) groups is 7. The third kappa shape index (κ3) is 8.93. The molecule has 4 aliphatic rings. The molecule has 2 aromatic rings. The molecule has 0 unspecified atom stereocenters. The van der Waals surface area contributed by atoms with Gasteiger partial charge in [0, 0.05) is 25.2 Å². The lowest BCUT2D eigenvalue weighted by Crippen LogP contribution is -2.82. The molecule has 3 fully saturated rings. The zero-order chi connectivity index (χ0) is 48.7. The van der Waals surface area contributed by atoms with E-state index in [2.05, 4.69) is 5.32 Å². The van der Waals surface area contributed by atoms with Gasteiger partial charge < -0.3 is 60.2 Å². The van der Waals surface area contributed by atoms with Gasteiger partial charge in [0.1, 0.15) is 35.6 Å². The van der Waals surface area contributed by atoms with E-state index in [1.807, 2.05) is 0 Å². The van der Waals surface area contributed by atoms with Crippen molar-refractivity contribution in [2.75, 3.05) is 19.7 Å². The van der Waals surface area contributed by atoms with Crippen LogP contribution in [0.15, 0.2) is 71.8 Å². The zero-order valence-electron chi connectivity index (χ0n) is 38.2. The normalized spacial score (nSPS) is 30.8. The van der Waals surface area contributed by atoms with Gasteiger partial charge in [-0.3, -0.25) is 19.2 Å². The molecule has 19 heteroatoms. The van der Waals surface area contributed by atoms with Crippen LogP contribution in [0.1, 0.15) is 90.2 Å². The summed E-state index contributed by atoms with van der Waals surface area (Å²) in [5.74, 6) is -7.75. The van der Waals surface area contributed by atoms with Crippen molar-refractivity contribution in [3.8, 4) is 0 Å². The highest BCUT2D eigenvalue weighted by Gasteiger charge is 2.79. The quantitative estimate of drug-likeness (QED) is 0.116. The Morgan fingerprint density at radius 2 is 1.48 bits per heavy atom. The lowest BCUT2D eigenvalue weighted by molar-refractivity contribution is -0.346. The van der Waals surface area contributed by atoms with Crippen LogP contribution >= 0.6 is 0 Å². The number of carbonyl (C=O) groups excluding carboxylic acids is 7. The predicted octanol–water partition coefficient (Wildman–Crippen LogP) is 2.28. The van der Waals surface area contributed by atoms with Gasteiger partial charge in [0.25, 0.3) is 0 Å². The van der Waals surface area contributed by atoms with Crippen LogP contribution in [0.3, 0.4) is 0 Å². The van der Waals surface area contributed by atoms with Crippen molar-refractivity contribution in [1.82, 2.24) is 5.32 Å². The number of nitrogens with two attached hydrogens (primary N) is 2. The summed E-state index contributed by atoms with van der Waals surface area (Å²) in [4.78, 5) is 97.5. The summed E-state index contributed by atoms with van der Waals surface area (Å²) < 4.78 is 41.9. The molecule has 6 rings (SSSR count). The van der Waals surface area contributed by atoms with Gasteiger partial charge in [-0.05, 0) is 63.5 Å². The van der Waals surface area contributed by atoms with E-state index in [0.29, 0.717) is 5.56 Å². The van der Waals surface area contributed by atoms with E-state index in [-0.39, 0.29) is 29.7 Å². The minimum Gasteiger partial charge on any atom is -0.460 e. The van der Waals surface area contributed by atoms with E-state index >= 15 is 4.79 Å². The van der Waals surface area contributed by atoms with Crippen molar-refractivity contribution >= 4 is 41.7 Å². The van der Waals surface area contributed by atoms with E-state index in [1.165, 1.54) is 39.8 Å². The first kappa shape index (κ1) is 49.7. The molecule has 1 heterocycles. The molecular formula is C47H59N3O16. The van der Waals surface area contributed by atoms with Crippen LogP contribution in [0.2, 0.25) is 0 Å². The lowest BCUT2D eigenvalue weighted by Gasteiger charge is -2.67. The molecule has 0 spiro atoms. The molecule has 358 valence electrons. The number of esters is 5. The Hall–Kier alpha value is -5.73. The van der Waals surface area contributed by atoms with Crippen LogP contribution in [0.5, 0.6) is 0 Å². The van der Waals surface area contributed by atoms with Gasteiger partial charge in [-0.2, -0.15) is 0 Å². The van der Waals surface area contributed by atoms with Gasteiger partial charge in [0.05, 0.1) is 42.6 Å². The molecule has 0 aromatic heterocycles. The van der Waals surface area contributed by atoms with E-state index in [1.54, 1.807) is 69.3 Å². The van der Waals surface area contributed by atoms with Gasteiger partial charge in [-0.1, -0.05) is 62.4 Å². The van der Waals surface area contributed by atoms with Crippen LogP contribution in [0, 0.1) is 16.7 Å². The molecule has 1 saturated heterocycles. The molecular weight excluding hydrogens is 863 g/mol. The Labute approximate surface area is 381 Å². The number of ketones is 1. The highest BCUT2D eigenvalue weighted by Crippen LogP contribution is 2.65. The van der Waals surface area contributed by atoms with E-state index in [0.717, 1.165) is 6.92 Å². The number of ether oxygens (including phenoxy) is 7. The summed E-state index contributed by atoms with van der Waals surface area (Å²) in [6.45, 7) is 10.2. The Bertz CT molecular complexity index is 2260. The summed E-state index contributed by atoms with van der Waals surface area (Å²) in [6, 6.07) is 14.3.